The normalized spacial score (nSPS) is 13.7. The molecule has 2 aromatic rings. The Kier molecular flexibility index (Phi) is 5.11. The summed E-state index contributed by atoms with van der Waals surface area (Å²) in [6.45, 7) is -0.520. The van der Waals surface area contributed by atoms with Crippen LogP contribution in [-0.2, 0) is 20.7 Å². The van der Waals surface area contributed by atoms with Crippen LogP contribution in [0.5, 0.6) is 17.2 Å². The molecular formula is C18H15F2NO6. The summed E-state index contributed by atoms with van der Waals surface area (Å²) >= 11 is 0. The number of rotatable bonds is 6. The fraction of sp³-hybridized carbons (Fsp3) is 0.222. The highest BCUT2D eigenvalue weighted by atomic mass is 19.3. The molecule has 142 valence electrons. The number of hydrogen-bond acceptors (Lipinski definition) is 6. The van der Waals surface area contributed by atoms with Gasteiger partial charge in [0, 0.05) is 11.8 Å². The quantitative estimate of drug-likeness (QED) is 0.777. The molecule has 3 rings (SSSR count). The first kappa shape index (κ1) is 18.4. The average Bonchev–Trinajstić information content (AvgIpc) is 2.93. The molecule has 0 aromatic heterocycles. The smallest absolute Gasteiger partial charge is 0.497 e. The maximum Gasteiger partial charge on any atom is 0.586 e. The number of anilines is 1. The molecule has 1 amide bonds. The molecule has 0 atom stereocenters. The van der Waals surface area contributed by atoms with Crippen LogP contribution in [0.1, 0.15) is 5.56 Å². The lowest BCUT2D eigenvalue weighted by Gasteiger charge is -2.08. The first-order chi connectivity index (χ1) is 12.8. The van der Waals surface area contributed by atoms with E-state index in [9.17, 15) is 18.4 Å². The van der Waals surface area contributed by atoms with Crippen LogP contribution in [0.25, 0.3) is 0 Å². The lowest BCUT2D eigenvalue weighted by Crippen LogP contribution is -2.25. The fourth-order valence-electron chi connectivity index (χ4n) is 2.37. The number of halogens is 2. The largest absolute Gasteiger partial charge is 0.586 e. The number of carbonyl (C=O) groups is 2. The molecule has 1 aliphatic heterocycles. The Hall–Kier alpha value is -3.36. The molecule has 9 heteroatoms. The number of carbonyl (C=O) groups excluding carboxylic acids is 2. The van der Waals surface area contributed by atoms with Gasteiger partial charge in [-0.2, -0.15) is 0 Å². The number of methoxy groups -OCH3 is 1. The van der Waals surface area contributed by atoms with Crippen molar-refractivity contribution in [3.8, 4) is 17.2 Å². The second kappa shape index (κ2) is 7.48. The van der Waals surface area contributed by atoms with Crippen LogP contribution in [-0.4, -0.2) is 31.9 Å². The van der Waals surface area contributed by atoms with Crippen molar-refractivity contribution in [3.05, 3.63) is 48.0 Å². The SMILES string of the molecule is COc1cccc(CC(=O)OCC(=O)Nc2ccc3c(c2)OC(F)(F)O3)c1. The lowest BCUT2D eigenvalue weighted by molar-refractivity contribution is -0.286. The maximum atomic E-state index is 13.0. The van der Waals surface area contributed by atoms with Gasteiger partial charge in [0.15, 0.2) is 18.1 Å². The van der Waals surface area contributed by atoms with Crippen molar-refractivity contribution in [2.45, 2.75) is 12.7 Å². The molecule has 2 aromatic carbocycles. The van der Waals surface area contributed by atoms with E-state index < -0.39 is 24.8 Å². The highest BCUT2D eigenvalue weighted by Crippen LogP contribution is 2.42. The van der Waals surface area contributed by atoms with Crippen LogP contribution in [0.3, 0.4) is 0 Å². The van der Waals surface area contributed by atoms with E-state index in [2.05, 4.69) is 14.8 Å². The van der Waals surface area contributed by atoms with E-state index in [1.807, 2.05) is 0 Å². The molecule has 0 spiro atoms. The third kappa shape index (κ3) is 4.84. The molecule has 7 nitrogen and oxygen atoms in total. The Morgan fingerprint density at radius 1 is 1.11 bits per heavy atom. The monoisotopic (exact) mass is 379 g/mol. The topological polar surface area (TPSA) is 83.1 Å². The molecule has 0 radical (unpaired) electrons. The highest BCUT2D eigenvalue weighted by Gasteiger charge is 2.43. The van der Waals surface area contributed by atoms with Gasteiger partial charge in [0.2, 0.25) is 0 Å². The van der Waals surface area contributed by atoms with Crippen LogP contribution in [0.2, 0.25) is 0 Å². The van der Waals surface area contributed by atoms with Gasteiger partial charge in [-0.05, 0) is 29.8 Å². The van der Waals surface area contributed by atoms with Crippen LogP contribution in [0, 0.1) is 0 Å². The van der Waals surface area contributed by atoms with Crippen molar-refractivity contribution in [2.75, 3.05) is 19.0 Å². The van der Waals surface area contributed by atoms with E-state index in [4.69, 9.17) is 9.47 Å². The third-order valence-electron chi connectivity index (χ3n) is 3.53. The zero-order valence-corrected chi connectivity index (χ0v) is 14.2. The van der Waals surface area contributed by atoms with Gasteiger partial charge in [0.25, 0.3) is 5.91 Å². The molecule has 27 heavy (non-hydrogen) atoms. The van der Waals surface area contributed by atoms with E-state index in [-0.39, 0.29) is 23.6 Å². The summed E-state index contributed by atoms with van der Waals surface area (Å²) in [6, 6.07) is 10.7. The molecule has 1 aliphatic rings. The van der Waals surface area contributed by atoms with Crippen LogP contribution in [0.15, 0.2) is 42.5 Å². The summed E-state index contributed by atoms with van der Waals surface area (Å²) < 4.78 is 44.5. The molecule has 0 unspecified atom stereocenters. The summed E-state index contributed by atoms with van der Waals surface area (Å²) in [6.07, 6.45) is -3.76. The molecule has 0 bridgehead atoms. The molecule has 0 saturated carbocycles. The zero-order chi connectivity index (χ0) is 19.4. The van der Waals surface area contributed by atoms with E-state index >= 15 is 0 Å². The maximum absolute atomic E-state index is 13.0. The third-order valence-corrected chi connectivity index (χ3v) is 3.53. The van der Waals surface area contributed by atoms with Gasteiger partial charge < -0.3 is 24.3 Å². The number of esters is 1. The second-order valence-corrected chi connectivity index (χ2v) is 5.57. The molecule has 0 fully saturated rings. The van der Waals surface area contributed by atoms with Gasteiger partial charge >= 0.3 is 12.3 Å². The van der Waals surface area contributed by atoms with Gasteiger partial charge in [-0.25, -0.2) is 0 Å². The van der Waals surface area contributed by atoms with Crippen molar-refractivity contribution >= 4 is 17.6 Å². The Balaban J connectivity index is 1.49. The average molecular weight is 379 g/mol. The number of benzene rings is 2. The number of ether oxygens (including phenoxy) is 4. The van der Waals surface area contributed by atoms with Crippen LogP contribution < -0.4 is 19.5 Å². The van der Waals surface area contributed by atoms with Gasteiger partial charge in [0.05, 0.1) is 13.5 Å². The second-order valence-electron chi connectivity index (χ2n) is 5.57. The Bertz CT molecular complexity index is 871. The van der Waals surface area contributed by atoms with Crippen molar-refractivity contribution in [2.24, 2.45) is 0 Å². The summed E-state index contributed by atoms with van der Waals surface area (Å²) in [5.41, 5.74) is 0.875. The summed E-state index contributed by atoms with van der Waals surface area (Å²) in [7, 11) is 1.51. The van der Waals surface area contributed by atoms with Gasteiger partial charge in [-0.15, -0.1) is 8.78 Å². The van der Waals surface area contributed by atoms with Gasteiger partial charge in [-0.3, -0.25) is 9.59 Å². The van der Waals surface area contributed by atoms with Gasteiger partial charge in [-0.1, -0.05) is 12.1 Å². The first-order valence-corrected chi connectivity index (χ1v) is 7.83. The lowest BCUT2D eigenvalue weighted by atomic mass is 10.1. The predicted molar refractivity (Wildman–Crippen MR) is 88.9 cm³/mol. The Morgan fingerprint density at radius 2 is 1.89 bits per heavy atom. The summed E-state index contributed by atoms with van der Waals surface area (Å²) in [5, 5.41) is 2.42. The molecule has 1 heterocycles. The number of fused-ring (bicyclic) bond motifs is 1. The molecule has 1 N–H and O–H groups in total. The standard InChI is InChI=1S/C18H15F2NO6/c1-24-13-4-2-3-11(7-13)8-17(23)25-10-16(22)21-12-5-6-14-15(9-12)27-18(19,20)26-14/h2-7,9H,8,10H2,1H3,(H,21,22). The van der Waals surface area contributed by atoms with E-state index in [0.717, 1.165) is 0 Å². The van der Waals surface area contributed by atoms with Crippen molar-refractivity contribution < 1.29 is 37.3 Å². The van der Waals surface area contributed by atoms with E-state index in [1.165, 1.54) is 25.3 Å². The van der Waals surface area contributed by atoms with Crippen molar-refractivity contribution in [1.29, 1.82) is 0 Å². The minimum Gasteiger partial charge on any atom is -0.497 e. The molecule has 0 aliphatic carbocycles. The molecule has 0 saturated heterocycles. The zero-order valence-electron chi connectivity index (χ0n) is 14.2. The molecular weight excluding hydrogens is 364 g/mol. The minimum atomic E-state index is -3.74. The van der Waals surface area contributed by atoms with Crippen LogP contribution >= 0.6 is 0 Å². The van der Waals surface area contributed by atoms with Crippen molar-refractivity contribution in [3.63, 3.8) is 0 Å². The minimum absolute atomic E-state index is 0.0242. The van der Waals surface area contributed by atoms with E-state index in [1.54, 1.807) is 24.3 Å². The first-order valence-electron chi connectivity index (χ1n) is 7.83. The summed E-state index contributed by atoms with van der Waals surface area (Å²) in [4.78, 5) is 23.7. The Morgan fingerprint density at radius 3 is 2.67 bits per heavy atom. The number of amides is 1. The fourth-order valence-corrected chi connectivity index (χ4v) is 2.37. The highest BCUT2D eigenvalue weighted by molar-refractivity contribution is 5.93. The number of hydrogen-bond donors (Lipinski definition) is 1. The van der Waals surface area contributed by atoms with Gasteiger partial charge in [0.1, 0.15) is 5.75 Å². The number of alkyl halides is 2. The van der Waals surface area contributed by atoms with Crippen molar-refractivity contribution in [1.82, 2.24) is 0 Å². The van der Waals surface area contributed by atoms with Crippen LogP contribution in [0.4, 0.5) is 14.5 Å². The predicted octanol–water partition coefficient (Wildman–Crippen LogP) is 2.74. The van der Waals surface area contributed by atoms with E-state index in [0.29, 0.717) is 11.3 Å². The Labute approximate surface area is 152 Å². The summed E-state index contributed by atoms with van der Waals surface area (Å²) in [5.74, 6) is -0.953. The number of nitrogens with one attached hydrogen (secondary N) is 1.